The molecule has 0 radical (unpaired) electrons. The van der Waals surface area contributed by atoms with Crippen molar-refractivity contribution in [2.24, 2.45) is 0 Å². The number of aliphatic hydroxyl groups is 1. The average molecular weight is 410 g/mol. The van der Waals surface area contributed by atoms with Crippen molar-refractivity contribution in [2.45, 2.75) is 12.6 Å². The van der Waals surface area contributed by atoms with E-state index in [9.17, 15) is 20.0 Å². The lowest BCUT2D eigenvalue weighted by Gasteiger charge is -2.15. The maximum absolute atomic E-state index is 12.5. The van der Waals surface area contributed by atoms with Gasteiger partial charge in [-0.1, -0.05) is 29.3 Å². The van der Waals surface area contributed by atoms with Gasteiger partial charge in [0.1, 0.15) is 12.7 Å². The average Bonchev–Trinajstić information content (AvgIpc) is 2.63. The molecule has 3 aromatic rings. The Hall–Kier alpha value is -2.68. The summed E-state index contributed by atoms with van der Waals surface area (Å²) in [4.78, 5) is 26.9. The molecule has 2 aromatic carbocycles. The molecule has 0 aliphatic rings. The molecule has 0 bridgehead atoms. The minimum atomic E-state index is -1.06. The lowest BCUT2D eigenvalue weighted by atomic mass is 10.2. The summed E-state index contributed by atoms with van der Waals surface area (Å²) >= 11 is 12.0. The molecule has 27 heavy (non-hydrogen) atoms. The third-order valence-corrected chi connectivity index (χ3v) is 4.36. The van der Waals surface area contributed by atoms with Crippen molar-refractivity contribution in [3.05, 3.63) is 73.2 Å². The number of ether oxygens (including phenoxy) is 1. The predicted octanol–water partition coefficient (Wildman–Crippen LogP) is 3.05. The molecule has 8 nitrogen and oxygen atoms in total. The van der Waals surface area contributed by atoms with Crippen LogP contribution in [0.25, 0.3) is 10.9 Å². The molecule has 1 aromatic heterocycles. The van der Waals surface area contributed by atoms with E-state index in [1.165, 1.54) is 18.5 Å². The van der Waals surface area contributed by atoms with Crippen LogP contribution in [-0.2, 0) is 6.54 Å². The van der Waals surface area contributed by atoms with E-state index in [1.54, 1.807) is 18.2 Å². The summed E-state index contributed by atoms with van der Waals surface area (Å²) in [6, 6.07) is 8.69. The second kappa shape index (κ2) is 7.91. The van der Waals surface area contributed by atoms with Crippen molar-refractivity contribution in [1.82, 2.24) is 9.55 Å². The Labute approximate surface area is 162 Å². The molecule has 0 saturated carbocycles. The first-order valence-corrected chi connectivity index (χ1v) is 8.51. The number of nitro groups is 1. The summed E-state index contributed by atoms with van der Waals surface area (Å²) < 4.78 is 6.60. The molecular formula is C17H13Cl2N3O5. The Kier molecular flexibility index (Phi) is 5.59. The van der Waals surface area contributed by atoms with E-state index in [0.717, 1.165) is 10.6 Å². The van der Waals surface area contributed by atoms with Gasteiger partial charge in [-0.25, -0.2) is 4.98 Å². The highest BCUT2D eigenvalue weighted by Crippen LogP contribution is 2.32. The Morgan fingerprint density at radius 2 is 1.96 bits per heavy atom. The number of para-hydroxylation sites is 1. The number of non-ortho nitro benzene ring substituents is 1. The van der Waals surface area contributed by atoms with Crippen LogP contribution in [0.2, 0.25) is 10.0 Å². The molecule has 3 rings (SSSR count). The van der Waals surface area contributed by atoms with Crippen molar-refractivity contribution in [1.29, 1.82) is 0 Å². The summed E-state index contributed by atoms with van der Waals surface area (Å²) in [6.07, 6.45) is 0.204. The molecule has 0 saturated heterocycles. The van der Waals surface area contributed by atoms with Gasteiger partial charge in [0.15, 0.2) is 5.75 Å². The molecule has 0 amide bonds. The number of aliphatic hydroxyl groups excluding tert-OH is 1. The standard InChI is InChI=1S/C17H13Cl2N3O5/c18-13-2-1-3-14(19)16(13)27-8-11(23)7-21-9-20-15-5-4-10(22(25)26)6-12(15)17(21)24/h1-6,9,11,23H,7-8H2. The van der Waals surface area contributed by atoms with Crippen LogP contribution in [0.15, 0.2) is 47.5 Å². The Balaban J connectivity index is 1.78. The lowest BCUT2D eigenvalue weighted by molar-refractivity contribution is -0.384. The first kappa shape index (κ1) is 19.1. The molecule has 0 aliphatic heterocycles. The van der Waals surface area contributed by atoms with Crippen LogP contribution < -0.4 is 10.3 Å². The third kappa shape index (κ3) is 4.19. The topological polar surface area (TPSA) is 107 Å². The second-order valence-corrected chi connectivity index (χ2v) is 6.49. The van der Waals surface area contributed by atoms with Crippen LogP contribution in [0.4, 0.5) is 5.69 Å². The fraction of sp³-hybridized carbons (Fsp3) is 0.176. The molecule has 140 valence electrons. The van der Waals surface area contributed by atoms with E-state index in [2.05, 4.69) is 4.98 Å². The lowest BCUT2D eigenvalue weighted by Crippen LogP contribution is -2.30. The number of fused-ring (bicyclic) bond motifs is 1. The monoisotopic (exact) mass is 409 g/mol. The fourth-order valence-corrected chi connectivity index (χ4v) is 2.98. The van der Waals surface area contributed by atoms with E-state index in [1.807, 2.05) is 0 Å². The van der Waals surface area contributed by atoms with E-state index in [-0.39, 0.29) is 30.0 Å². The zero-order chi connectivity index (χ0) is 19.6. The number of hydrogen-bond acceptors (Lipinski definition) is 6. The fourth-order valence-electron chi connectivity index (χ4n) is 2.47. The molecule has 1 unspecified atom stereocenters. The SMILES string of the molecule is O=c1c2cc([N+](=O)[O-])ccc2ncn1CC(O)COc1c(Cl)cccc1Cl. The van der Waals surface area contributed by atoms with Gasteiger partial charge in [0, 0.05) is 12.1 Å². The van der Waals surface area contributed by atoms with Crippen LogP contribution in [0, 0.1) is 10.1 Å². The van der Waals surface area contributed by atoms with Gasteiger partial charge in [-0.05, 0) is 18.2 Å². The van der Waals surface area contributed by atoms with E-state index in [0.29, 0.717) is 15.6 Å². The zero-order valence-electron chi connectivity index (χ0n) is 13.7. The highest BCUT2D eigenvalue weighted by Gasteiger charge is 2.14. The summed E-state index contributed by atoms with van der Waals surface area (Å²) in [5.74, 6) is 0.236. The maximum Gasteiger partial charge on any atom is 0.270 e. The molecule has 10 heteroatoms. The Bertz CT molecular complexity index is 1050. The van der Waals surface area contributed by atoms with Crippen LogP contribution in [-0.4, -0.2) is 32.3 Å². The van der Waals surface area contributed by atoms with Crippen molar-refractivity contribution in [3.63, 3.8) is 0 Å². The zero-order valence-corrected chi connectivity index (χ0v) is 15.2. The van der Waals surface area contributed by atoms with Crippen LogP contribution in [0.1, 0.15) is 0 Å². The molecule has 1 atom stereocenters. The molecule has 1 N–H and O–H groups in total. The summed E-state index contributed by atoms with van der Waals surface area (Å²) in [5.41, 5.74) is -0.384. The largest absolute Gasteiger partial charge is 0.488 e. The third-order valence-electron chi connectivity index (χ3n) is 3.76. The van der Waals surface area contributed by atoms with E-state index < -0.39 is 16.6 Å². The number of nitro benzene ring substituents is 1. The van der Waals surface area contributed by atoms with Crippen molar-refractivity contribution >= 4 is 39.8 Å². The number of nitrogens with zero attached hydrogens (tertiary/aromatic N) is 3. The minimum Gasteiger partial charge on any atom is -0.488 e. The Morgan fingerprint density at radius 1 is 1.26 bits per heavy atom. The number of rotatable bonds is 6. The molecular weight excluding hydrogens is 397 g/mol. The van der Waals surface area contributed by atoms with Gasteiger partial charge in [0.05, 0.1) is 38.7 Å². The summed E-state index contributed by atoms with van der Waals surface area (Å²) in [7, 11) is 0. The van der Waals surface area contributed by atoms with Gasteiger partial charge in [-0.2, -0.15) is 0 Å². The van der Waals surface area contributed by atoms with Gasteiger partial charge >= 0.3 is 0 Å². The van der Waals surface area contributed by atoms with E-state index >= 15 is 0 Å². The van der Waals surface area contributed by atoms with Gasteiger partial charge in [-0.15, -0.1) is 0 Å². The first-order chi connectivity index (χ1) is 12.9. The van der Waals surface area contributed by atoms with Crippen LogP contribution in [0.3, 0.4) is 0 Å². The number of hydrogen-bond donors (Lipinski definition) is 1. The highest BCUT2D eigenvalue weighted by molar-refractivity contribution is 6.37. The van der Waals surface area contributed by atoms with Crippen molar-refractivity contribution in [3.8, 4) is 5.75 Å². The van der Waals surface area contributed by atoms with Gasteiger partial charge in [0.2, 0.25) is 0 Å². The molecule has 0 fully saturated rings. The van der Waals surface area contributed by atoms with Gasteiger partial charge in [-0.3, -0.25) is 19.5 Å². The normalized spacial score (nSPS) is 12.1. The van der Waals surface area contributed by atoms with Crippen molar-refractivity contribution in [2.75, 3.05) is 6.61 Å². The first-order valence-electron chi connectivity index (χ1n) is 7.75. The second-order valence-electron chi connectivity index (χ2n) is 5.68. The molecule has 0 aliphatic carbocycles. The maximum atomic E-state index is 12.5. The molecule has 1 heterocycles. The summed E-state index contributed by atoms with van der Waals surface area (Å²) in [5, 5.41) is 21.8. The van der Waals surface area contributed by atoms with Crippen LogP contribution in [0.5, 0.6) is 5.75 Å². The van der Waals surface area contributed by atoms with Crippen molar-refractivity contribution < 1.29 is 14.8 Å². The highest BCUT2D eigenvalue weighted by atomic mass is 35.5. The smallest absolute Gasteiger partial charge is 0.270 e. The minimum absolute atomic E-state index is 0.0916. The van der Waals surface area contributed by atoms with E-state index in [4.69, 9.17) is 27.9 Å². The van der Waals surface area contributed by atoms with Crippen LogP contribution >= 0.6 is 23.2 Å². The molecule has 0 spiro atoms. The number of halogens is 2. The predicted molar refractivity (Wildman–Crippen MR) is 101 cm³/mol. The van der Waals surface area contributed by atoms with Gasteiger partial charge < -0.3 is 9.84 Å². The number of benzene rings is 2. The number of aromatic nitrogens is 2. The Morgan fingerprint density at radius 3 is 2.63 bits per heavy atom. The quantitative estimate of drug-likeness (QED) is 0.495. The summed E-state index contributed by atoms with van der Waals surface area (Å²) in [6.45, 7) is -0.282. The van der Waals surface area contributed by atoms with Gasteiger partial charge in [0.25, 0.3) is 11.2 Å².